The van der Waals surface area contributed by atoms with Crippen LogP contribution in [0.2, 0.25) is 0 Å². The lowest BCUT2D eigenvalue weighted by Gasteiger charge is -2.38. The molecule has 1 aliphatic rings. The molecule has 13 heteroatoms. The summed E-state index contributed by atoms with van der Waals surface area (Å²) in [5.74, 6) is -2.20. The Bertz CT molecular complexity index is 803. The number of aliphatic imine (C=N–C) groups is 1. The van der Waals surface area contributed by atoms with Gasteiger partial charge in [0.2, 0.25) is 5.90 Å². The molecule has 3 unspecified atom stereocenters. The number of aromatic nitrogens is 2. The fourth-order valence-corrected chi connectivity index (χ4v) is 3.79. The molecule has 3 N–H and O–H groups in total. The molecule has 1 fully saturated rings. The van der Waals surface area contributed by atoms with Crippen LogP contribution in [0.15, 0.2) is 23.7 Å². The Morgan fingerprint density at radius 1 is 1.75 bits per heavy atom. The average Bonchev–Trinajstić information content (AvgIpc) is 2.97. The van der Waals surface area contributed by atoms with Crippen LogP contribution in [0, 0.1) is 6.92 Å². The molecule has 0 aromatic carbocycles. The highest BCUT2D eigenvalue weighted by Gasteiger charge is 2.50. The van der Waals surface area contributed by atoms with Gasteiger partial charge in [-0.15, -0.1) is 9.24 Å². The lowest BCUT2D eigenvalue weighted by Crippen LogP contribution is -2.48. The molecule has 158 valence electrons. The number of phosphoric acid groups is 1. The molecule has 0 radical (unpaired) electrons. The van der Waals surface area contributed by atoms with Crippen molar-refractivity contribution in [1.29, 1.82) is 0 Å². The van der Waals surface area contributed by atoms with Gasteiger partial charge in [0, 0.05) is 11.9 Å². The molecule has 0 aliphatic carbocycles. The molecule has 1 aromatic rings. The number of nitrogens with two attached hydrogens (primary N) is 1. The number of rotatable bonds is 7. The van der Waals surface area contributed by atoms with E-state index in [1.54, 1.807) is 18.4 Å². The van der Waals surface area contributed by atoms with Crippen LogP contribution in [0.25, 0.3) is 0 Å². The fourth-order valence-electron chi connectivity index (χ4n) is 2.51. The van der Waals surface area contributed by atoms with Crippen LogP contribution in [0.4, 0.5) is 4.39 Å². The molecule has 28 heavy (non-hydrogen) atoms. The second kappa shape index (κ2) is 8.98. The minimum absolute atomic E-state index is 0.0534. The standard InChI is InChI=1S/C15H25FN4O6P2/c1-5-23-14(19-11(4)17)13-9(2)20(8-18-13)12(6-27)25-15(16)7-24-28(21,22)26-10(15)3/h8,10,12H,4-7,17,27H2,1-3H3,(H,21,22)/b19-14+/t10-,12?,15+/m0/s1. The molecule has 0 saturated carbocycles. The summed E-state index contributed by atoms with van der Waals surface area (Å²) < 4.78 is 48.6. The number of phosphoric ester groups is 1. The van der Waals surface area contributed by atoms with Crippen molar-refractivity contribution in [3.63, 3.8) is 0 Å². The summed E-state index contributed by atoms with van der Waals surface area (Å²) in [6.07, 6.45) is -0.411. The fraction of sp³-hybridized carbons (Fsp3) is 0.600. The van der Waals surface area contributed by atoms with E-state index in [1.807, 2.05) is 0 Å². The van der Waals surface area contributed by atoms with Crippen molar-refractivity contribution in [2.45, 2.75) is 39.0 Å². The first-order chi connectivity index (χ1) is 13.0. The lowest BCUT2D eigenvalue weighted by atomic mass is 10.2. The largest absolute Gasteiger partial charge is 0.476 e. The van der Waals surface area contributed by atoms with Crippen LogP contribution in [0.3, 0.4) is 0 Å². The minimum atomic E-state index is -4.28. The van der Waals surface area contributed by atoms with Crippen molar-refractivity contribution in [2.24, 2.45) is 10.7 Å². The normalized spacial score (nSPS) is 29.5. The molecular weight excluding hydrogens is 413 g/mol. The lowest BCUT2D eigenvalue weighted by molar-refractivity contribution is -0.266. The van der Waals surface area contributed by atoms with E-state index in [1.165, 1.54) is 13.3 Å². The summed E-state index contributed by atoms with van der Waals surface area (Å²) in [5, 5.41) is 0. The Kier molecular flexibility index (Phi) is 7.36. The molecule has 1 aromatic heterocycles. The van der Waals surface area contributed by atoms with Gasteiger partial charge in [-0.25, -0.2) is 13.9 Å². The Balaban J connectivity index is 2.29. The molecule has 10 nitrogen and oxygen atoms in total. The predicted molar refractivity (Wildman–Crippen MR) is 103 cm³/mol. The number of imidazole rings is 1. The van der Waals surface area contributed by atoms with Crippen LogP contribution in [-0.4, -0.2) is 51.7 Å². The maximum Gasteiger partial charge on any atom is 0.472 e. The molecule has 0 bridgehead atoms. The molecule has 5 atom stereocenters. The van der Waals surface area contributed by atoms with Gasteiger partial charge in [-0.3, -0.25) is 9.05 Å². The van der Waals surface area contributed by atoms with Gasteiger partial charge in [-0.2, -0.15) is 4.99 Å². The smallest absolute Gasteiger partial charge is 0.472 e. The van der Waals surface area contributed by atoms with E-state index in [9.17, 15) is 9.46 Å². The van der Waals surface area contributed by atoms with Gasteiger partial charge >= 0.3 is 7.82 Å². The van der Waals surface area contributed by atoms with E-state index < -0.39 is 32.6 Å². The summed E-state index contributed by atoms with van der Waals surface area (Å²) in [6.45, 7) is 7.93. The first kappa shape index (κ1) is 22.9. The highest BCUT2D eigenvalue weighted by Crippen LogP contribution is 2.52. The zero-order chi connectivity index (χ0) is 21.1. The minimum Gasteiger partial charge on any atom is -0.476 e. The third kappa shape index (κ3) is 5.17. The van der Waals surface area contributed by atoms with Crippen molar-refractivity contribution in [3.8, 4) is 0 Å². The van der Waals surface area contributed by atoms with Crippen LogP contribution in [-0.2, 0) is 23.1 Å². The van der Waals surface area contributed by atoms with Gasteiger partial charge in [0.05, 0.1) is 12.9 Å². The van der Waals surface area contributed by atoms with Crippen LogP contribution < -0.4 is 5.73 Å². The van der Waals surface area contributed by atoms with Gasteiger partial charge in [0.1, 0.15) is 30.5 Å². The summed E-state index contributed by atoms with van der Waals surface area (Å²) in [7, 11) is -1.83. The topological polar surface area (TPSA) is 130 Å². The van der Waals surface area contributed by atoms with E-state index in [-0.39, 0.29) is 17.9 Å². The van der Waals surface area contributed by atoms with E-state index in [4.69, 9.17) is 19.7 Å². The highest BCUT2D eigenvalue weighted by molar-refractivity contribution is 7.47. The number of alkyl halides is 1. The third-order valence-electron chi connectivity index (χ3n) is 3.94. The Morgan fingerprint density at radius 2 is 2.43 bits per heavy atom. The molecule has 0 spiro atoms. The van der Waals surface area contributed by atoms with Crippen molar-refractivity contribution in [3.05, 3.63) is 30.1 Å². The molecule has 2 rings (SSSR count). The Morgan fingerprint density at radius 3 is 2.96 bits per heavy atom. The number of hydrogen-bond donors (Lipinski definition) is 2. The van der Waals surface area contributed by atoms with Crippen molar-refractivity contribution in [2.75, 3.05) is 19.4 Å². The van der Waals surface area contributed by atoms with Crippen molar-refractivity contribution in [1.82, 2.24) is 9.55 Å². The van der Waals surface area contributed by atoms with E-state index >= 15 is 4.39 Å². The van der Waals surface area contributed by atoms with Crippen LogP contribution >= 0.6 is 17.1 Å². The molecule has 0 amide bonds. The van der Waals surface area contributed by atoms with Crippen molar-refractivity contribution < 1.29 is 32.4 Å². The van der Waals surface area contributed by atoms with Crippen LogP contribution in [0.1, 0.15) is 31.5 Å². The second-order valence-electron chi connectivity index (χ2n) is 6.01. The number of halogens is 1. The second-order valence-corrected chi connectivity index (χ2v) is 7.89. The molecule has 1 aliphatic heterocycles. The Labute approximate surface area is 164 Å². The Hall–Kier alpha value is -1.35. The molecule has 2 heterocycles. The van der Waals surface area contributed by atoms with Gasteiger partial charge in [-0.05, 0) is 20.8 Å². The third-order valence-corrected chi connectivity index (χ3v) is 5.38. The predicted octanol–water partition coefficient (Wildman–Crippen LogP) is 2.00. The first-order valence-electron chi connectivity index (χ1n) is 8.45. The summed E-state index contributed by atoms with van der Waals surface area (Å²) in [5.41, 5.74) is 6.52. The van der Waals surface area contributed by atoms with Gasteiger partial charge in [0.25, 0.3) is 5.85 Å². The summed E-state index contributed by atoms with van der Waals surface area (Å²) in [4.78, 5) is 17.6. The van der Waals surface area contributed by atoms with Gasteiger partial charge in [0.15, 0.2) is 0 Å². The zero-order valence-corrected chi connectivity index (χ0v) is 17.9. The first-order valence-corrected chi connectivity index (χ1v) is 10.8. The highest BCUT2D eigenvalue weighted by atomic mass is 31.2. The molecular formula is C15H25FN4O6P2. The van der Waals surface area contributed by atoms with Gasteiger partial charge in [-0.1, -0.05) is 6.58 Å². The maximum absolute atomic E-state index is 15.2. The quantitative estimate of drug-likeness (QED) is 0.376. The number of nitrogens with zero attached hydrogens (tertiary/aromatic N) is 3. The summed E-state index contributed by atoms with van der Waals surface area (Å²) in [6, 6.07) is 0. The zero-order valence-electron chi connectivity index (χ0n) is 15.9. The average molecular weight is 438 g/mol. The molecule has 1 saturated heterocycles. The van der Waals surface area contributed by atoms with E-state index in [2.05, 4.69) is 30.3 Å². The monoisotopic (exact) mass is 438 g/mol. The van der Waals surface area contributed by atoms with Crippen molar-refractivity contribution >= 4 is 23.0 Å². The maximum atomic E-state index is 15.2. The van der Waals surface area contributed by atoms with E-state index in [0.29, 0.717) is 18.0 Å². The number of hydrogen-bond acceptors (Lipinski definition) is 8. The van der Waals surface area contributed by atoms with Crippen LogP contribution in [0.5, 0.6) is 0 Å². The summed E-state index contributed by atoms with van der Waals surface area (Å²) >= 11 is 0. The van der Waals surface area contributed by atoms with Gasteiger partial charge < -0.3 is 24.7 Å². The SMILES string of the molecule is C=C(N)/N=C(/OCC)c1ncn(C(CP)O[C@]2(F)COP(=O)(O)O[C@H]2C)c1C. The number of ether oxygens (including phenoxy) is 2. The van der Waals surface area contributed by atoms with E-state index in [0.717, 1.165) is 0 Å².